The number of hydrogen-bond acceptors (Lipinski definition) is 4. The zero-order valence-electron chi connectivity index (χ0n) is 11.2. The molecule has 102 valence electrons. The van der Waals surface area contributed by atoms with E-state index >= 15 is 0 Å². The summed E-state index contributed by atoms with van der Waals surface area (Å²) < 4.78 is 11.3. The van der Waals surface area contributed by atoms with Crippen LogP contribution in [0.15, 0.2) is 18.2 Å². The summed E-state index contributed by atoms with van der Waals surface area (Å²) in [5.74, 6) is 1.40. The van der Waals surface area contributed by atoms with Crippen LogP contribution in [0.25, 0.3) is 0 Å². The van der Waals surface area contributed by atoms with Gasteiger partial charge in [-0.05, 0) is 30.5 Å². The first-order valence-corrected chi connectivity index (χ1v) is 6.50. The molecule has 1 aromatic carbocycles. The molecule has 4 nitrogen and oxygen atoms in total. The van der Waals surface area contributed by atoms with E-state index in [2.05, 4.69) is 6.92 Å². The molecule has 4 heteroatoms. The van der Waals surface area contributed by atoms with E-state index in [0.717, 1.165) is 24.2 Å². The lowest BCUT2D eigenvalue weighted by atomic mass is 10.1. The summed E-state index contributed by atoms with van der Waals surface area (Å²) >= 11 is 0. The molecule has 0 heterocycles. The van der Waals surface area contributed by atoms with Crippen molar-refractivity contribution in [3.8, 4) is 11.5 Å². The number of nitrogens with two attached hydrogens (primary N) is 1. The Labute approximate surface area is 109 Å². The number of benzene rings is 1. The van der Waals surface area contributed by atoms with Crippen LogP contribution in [-0.4, -0.2) is 24.9 Å². The highest BCUT2D eigenvalue weighted by Crippen LogP contribution is 2.30. The van der Waals surface area contributed by atoms with Gasteiger partial charge in [-0.3, -0.25) is 0 Å². The van der Waals surface area contributed by atoms with E-state index in [9.17, 15) is 5.11 Å². The fourth-order valence-corrected chi connectivity index (χ4v) is 1.52. The van der Waals surface area contributed by atoms with Crippen molar-refractivity contribution in [1.29, 1.82) is 0 Å². The van der Waals surface area contributed by atoms with Crippen molar-refractivity contribution in [1.82, 2.24) is 0 Å². The minimum Gasteiger partial charge on any atom is -0.490 e. The molecule has 1 atom stereocenters. The molecule has 0 aromatic heterocycles. The van der Waals surface area contributed by atoms with Crippen molar-refractivity contribution >= 4 is 0 Å². The molecule has 0 unspecified atom stereocenters. The lowest BCUT2D eigenvalue weighted by Gasteiger charge is -2.15. The topological polar surface area (TPSA) is 64.7 Å². The number of aliphatic hydroxyl groups is 1. The maximum absolute atomic E-state index is 9.72. The normalized spacial score (nSPS) is 12.2. The van der Waals surface area contributed by atoms with Crippen molar-refractivity contribution in [3.63, 3.8) is 0 Å². The second-order valence-electron chi connectivity index (χ2n) is 4.15. The number of rotatable bonds is 8. The maximum atomic E-state index is 9.72. The third-order valence-corrected chi connectivity index (χ3v) is 2.50. The molecule has 1 aromatic rings. The van der Waals surface area contributed by atoms with Crippen LogP contribution in [0.2, 0.25) is 0 Å². The Morgan fingerprint density at radius 3 is 2.28 bits per heavy atom. The highest BCUT2D eigenvalue weighted by atomic mass is 16.5. The molecule has 0 saturated carbocycles. The Balaban J connectivity index is 2.88. The van der Waals surface area contributed by atoms with Gasteiger partial charge in [-0.25, -0.2) is 0 Å². The summed E-state index contributed by atoms with van der Waals surface area (Å²) in [4.78, 5) is 0. The van der Waals surface area contributed by atoms with Gasteiger partial charge >= 0.3 is 0 Å². The zero-order chi connectivity index (χ0) is 13.4. The molecule has 0 radical (unpaired) electrons. The Bertz CT molecular complexity index is 355. The van der Waals surface area contributed by atoms with Crippen LogP contribution in [0, 0.1) is 0 Å². The van der Waals surface area contributed by atoms with E-state index in [1.807, 2.05) is 19.1 Å². The van der Waals surface area contributed by atoms with Gasteiger partial charge in [0, 0.05) is 6.54 Å². The number of hydrogen-bond donors (Lipinski definition) is 2. The van der Waals surface area contributed by atoms with Gasteiger partial charge in [0.2, 0.25) is 0 Å². The minimum absolute atomic E-state index is 0.197. The summed E-state index contributed by atoms with van der Waals surface area (Å²) in [6.45, 7) is 5.58. The van der Waals surface area contributed by atoms with E-state index < -0.39 is 6.10 Å². The summed E-state index contributed by atoms with van der Waals surface area (Å²) in [7, 11) is 0. The Hall–Kier alpha value is -1.26. The first-order valence-electron chi connectivity index (χ1n) is 6.50. The third-order valence-electron chi connectivity index (χ3n) is 2.50. The van der Waals surface area contributed by atoms with Gasteiger partial charge < -0.3 is 20.3 Å². The molecule has 1 rings (SSSR count). The van der Waals surface area contributed by atoms with Gasteiger partial charge in [0.1, 0.15) is 0 Å². The fourth-order valence-electron chi connectivity index (χ4n) is 1.52. The summed E-state index contributed by atoms with van der Waals surface area (Å²) in [6, 6.07) is 5.45. The van der Waals surface area contributed by atoms with Gasteiger partial charge in [0.15, 0.2) is 11.5 Å². The average Bonchev–Trinajstić information content (AvgIpc) is 2.42. The second kappa shape index (κ2) is 7.95. The van der Waals surface area contributed by atoms with Crippen LogP contribution in [0.4, 0.5) is 0 Å². The Morgan fingerprint density at radius 1 is 1.11 bits per heavy atom. The standard InChI is InChI=1S/C14H23NO3/c1-3-7-17-13-6-5-11(12(16)10-15)9-14(13)18-8-4-2/h5-6,9,12,16H,3-4,7-8,10,15H2,1-2H3/t12-/m0/s1. The van der Waals surface area contributed by atoms with Crippen molar-refractivity contribution < 1.29 is 14.6 Å². The van der Waals surface area contributed by atoms with Crippen LogP contribution in [0.5, 0.6) is 11.5 Å². The summed E-state index contributed by atoms with van der Waals surface area (Å²) in [5, 5.41) is 9.72. The average molecular weight is 253 g/mol. The summed E-state index contributed by atoms with van der Waals surface area (Å²) in [5.41, 5.74) is 6.21. The van der Waals surface area contributed by atoms with Crippen molar-refractivity contribution in [2.24, 2.45) is 5.73 Å². The first-order chi connectivity index (χ1) is 8.72. The zero-order valence-corrected chi connectivity index (χ0v) is 11.2. The smallest absolute Gasteiger partial charge is 0.161 e. The molecule has 0 aliphatic carbocycles. The van der Waals surface area contributed by atoms with Crippen LogP contribution < -0.4 is 15.2 Å². The highest BCUT2D eigenvalue weighted by molar-refractivity contribution is 5.43. The predicted octanol–water partition coefficient (Wildman–Crippen LogP) is 2.26. The van der Waals surface area contributed by atoms with Gasteiger partial charge in [-0.2, -0.15) is 0 Å². The van der Waals surface area contributed by atoms with Crippen molar-refractivity contribution in [2.75, 3.05) is 19.8 Å². The lowest BCUT2D eigenvalue weighted by Crippen LogP contribution is -2.12. The van der Waals surface area contributed by atoms with E-state index in [1.165, 1.54) is 0 Å². The monoisotopic (exact) mass is 253 g/mol. The SMILES string of the molecule is CCCOc1ccc([C@@H](O)CN)cc1OCCC. The Kier molecular flexibility index (Phi) is 6.54. The molecule has 0 spiro atoms. The third kappa shape index (κ3) is 4.20. The van der Waals surface area contributed by atoms with Crippen LogP contribution in [0.3, 0.4) is 0 Å². The van der Waals surface area contributed by atoms with E-state index in [1.54, 1.807) is 6.07 Å². The predicted molar refractivity (Wildman–Crippen MR) is 72.0 cm³/mol. The largest absolute Gasteiger partial charge is 0.490 e. The van der Waals surface area contributed by atoms with Gasteiger partial charge in [-0.15, -0.1) is 0 Å². The van der Waals surface area contributed by atoms with E-state index in [0.29, 0.717) is 19.0 Å². The summed E-state index contributed by atoms with van der Waals surface area (Å²) in [6.07, 6.45) is 1.21. The molecule has 0 fully saturated rings. The quantitative estimate of drug-likeness (QED) is 0.746. The molecular formula is C14H23NO3. The Morgan fingerprint density at radius 2 is 1.72 bits per heavy atom. The number of aliphatic hydroxyl groups excluding tert-OH is 1. The van der Waals surface area contributed by atoms with Gasteiger partial charge in [0.25, 0.3) is 0 Å². The minimum atomic E-state index is -0.658. The molecule has 3 N–H and O–H groups in total. The van der Waals surface area contributed by atoms with E-state index in [-0.39, 0.29) is 6.54 Å². The molecule has 0 saturated heterocycles. The first kappa shape index (κ1) is 14.8. The molecule has 0 bridgehead atoms. The fraction of sp³-hybridized carbons (Fsp3) is 0.571. The lowest BCUT2D eigenvalue weighted by molar-refractivity contribution is 0.185. The molecule has 0 amide bonds. The van der Waals surface area contributed by atoms with Crippen molar-refractivity contribution in [2.45, 2.75) is 32.8 Å². The molecular weight excluding hydrogens is 230 g/mol. The molecule has 0 aliphatic heterocycles. The highest BCUT2D eigenvalue weighted by Gasteiger charge is 2.11. The molecule has 18 heavy (non-hydrogen) atoms. The number of ether oxygens (including phenoxy) is 2. The van der Waals surface area contributed by atoms with Crippen LogP contribution >= 0.6 is 0 Å². The maximum Gasteiger partial charge on any atom is 0.161 e. The van der Waals surface area contributed by atoms with Crippen molar-refractivity contribution in [3.05, 3.63) is 23.8 Å². The van der Waals surface area contributed by atoms with Gasteiger partial charge in [0.05, 0.1) is 19.3 Å². The second-order valence-corrected chi connectivity index (χ2v) is 4.15. The van der Waals surface area contributed by atoms with Crippen LogP contribution in [0.1, 0.15) is 38.4 Å². The molecule has 0 aliphatic rings. The van der Waals surface area contributed by atoms with Gasteiger partial charge in [-0.1, -0.05) is 19.9 Å². The van der Waals surface area contributed by atoms with E-state index in [4.69, 9.17) is 15.2 Å². The van der Waals surface area contributed by atoms with Crippen LogP contribution in [-0.2, 0) is 0 Å².